The van der Waals surface area contributed by atoms with Crippen LogP contribution in [-0.4, -0.2) is 22.3 Å². The molecule has 1 aromatic carbocycles. The van der Waals surface area contributed by atoms with E-state index in [0.717, 1.165) is 27.6 Å². The molecule has 5 heteroatoms. The number of aromatic nitrogens is 3. The molecule has 2 aromatic heterocycles. The Morgan fingerprint density at radius 2 is 2.16 bits per heavy atom. The summed E-state index contributed by atoms with van der Waals surface area (Å²) in [4.78, 5) is 5.61. The molecule has 19 heavy (non-hydrogen) atoms. The molecule has 3 rings (SSSR count). The molecule has 1 N–H and O–H groups in total. The largest absolute Gasteiger partial charge is 0.496 e. The van der Waals surface area contributed by atoms with Gasteiger partial charge in [-0.25, -0.2) is 4.98 Å². The molecule has 3 aromatic rings. The van der Waals surface area contributed by atoms with Gasteiger partial charge in [0, 0.05) is 0 Å². The number of nitrogens with one attached hydrogen (secondary N) is 1. The first-order valence-electron chi connectivity index (χ1n) is 5.89. The number of ether oxygens (including phenoxy) is 1. The van der Waals surface area contributed by atoms with E-state index in [9.17, 15) is 0 Å². The molecule has 0 unspecified atom stereocenters. The number of nitrogens with zero attached hydrogens (tertiary/aromatic N) is 2. The van der Waals surface area contributed by atoms with E-state index in [0.29, 0.717) is 5.82 Å². The summed E-state index contributed by atoms with van der Waals surface area (Å²) in [6.07, 6.45) is 0. The third kappa shape index (κ3) is 2.24. The van der Waals surface area contributed by atoms with Crippen molar-refractivity contribution in [1.29, 1.82) is 0 Å². The van der Waals surface area contributed by atoms with Crippen LogP contribution in [0.1, 0.15) is 5.56 Å². The van der Waals surface area contributed by atoms with Crippen molar-refractivity contribution < 1.29 is 4.74 Å². The molecule has 0 saturated carbocycles. The topological polar surface area (TPSA) is 50.8 Å². The minimum absolute atomic E-state index is 0.656. The van der Waals surface area contributed by atoms with Gasteiger partial charge < -0.3 is 4.74 Å². The van der Waals surface area contributed by atoms with Crippen LogP contribution < -0.4 is 4.74 Å². The Morgan fingerprint density at radius 1 is 1.26 bits per heavy atom. The molecule has 0 radical (unpaired) electrons. The van der Waals surface area contributed by atoms with Crippen molar-refractivity contribution >= 4 is 11.3 Å². The van der Waals surface area contributed by atoms with Crippen LogP contribution in [0.15, 0.2) is 35.7 Å². The summed E-state index contributed by atoms with van der Waals surface area (Å²) in [6.45, 7) is 2.04. The van der Waals surface area contributed by atoms with Gasteiger partial charge in [0.2, 0.25) is 0 Å². The number of rotatable bonds is 3. The Bertz CT molecular complexity index is 689. The predicted molar refractivity (Wildman–Crippen MR) is 76.4 cm³/mol. The molecule has 0 aliphatic heterocycles. The quantitative estimate of drug-likeness (QED) is 0.793. The Morgan fingerprint density at radius 3 is 2.89 bits per heavy atom. The number of hydrogen-bond donors (Lipinski definition) is 1. The standard InChI is InChI=1S/C14H13N3OS/c1-9-5-6-11(18-2)10(8-9)13-15-14(17-16-13)12-4-3-7-19-12/h3-8H,1-2H3,(H,15,16,17). The Labute approximate surface area is 115 Å². The highest BCUT2D eigenvalue weighted by atomic mass is 32.1. The van der Waals surface area contributed by atoms with E-state index in [2.05, 4.69) is 15.2 Å². The Balaban J connectivity index is 2.06. The van der Waals surface area contributed by atoms with Gasteiger partial charge in [0.05, 0.1) is 17.6 Å². The molecule has 4 nitrogen and oxygen atoms in total. The zero-order valence-corrected chi connectivity index (χ0v) is 11.5. The third-order valence-electron chi connectivity index (χ3n) is 2.84. The van der Waals surface area contributed by atoms with E-state index >= 15 is 0 Å². The second-order valence-corrected chi connectivity index (χ2v) is 5.14. The van der Waals surface area contributed by atoms with Gasteiger partial charge in [0.25, 0.3) is 0 Å². The molecule has 0 fully saturated rings. The molecular formula is C14H13N3OS. The zero-order valence-electron chi connectivity index (χ0n) is 10.7. The van der Waals surface area contributed by atoms with Gasteiger partial charge in [-0.15, -0.1) is 11.3 Å². The van der Waals surface area contributed by atoms with E-state index in [1.807, 2.05) is 42.6 Å². The lowest BCUT2D eigenvalue weighted by atomic mass is 10.1. The highest BCUT2D eigenvalue weighted by Crippen LogP contribution is 2.30. The van der Waals surface area contributed by atoms with Crippen molar-refractivity contribution in [2.24, 2.45) is 0 Å². The van der Waals surface area contributed by atoms with Gasteiger partial charge in [0.1, 0.15) is 5.75 Å². The van der Waals surface area contributed by atoms with Crippen LogP contribution in [0, 0.1) is 6.92 Å². The zero-order chi connectivity index (χ0) is 13.2. The van der Waals surface area contributed by atoms with Gasteiger partial charge in [-0.1, -0.05) is 17.7 Å². The fraction of sp³-hybridized carbons (Fsp3) is 0.143. The van der Waals surface area contributed by atoms with Crippen LogP contribution in [0.3, 0.4) is 0 Å². The number of hydrogen-bond acceptors (Lipinski definition) is 4. The first-order chi connectivity index (χ1) is 9.28. The fourth-order valence-electron chi connectivity index (χ4n) is 1.90. The minimum Gasteiger partial charge on any atom is -0.496 e. The SMILES string of the molecule is COc1ccc(C)cc1-c1n[nH]c(-c2cccs2)n1. The molecule has 0 atom stereocenters. The second kappa shape index (κ2) is 4.85. The average Bonchev–Trinajstić information content (AvgIpc) is 3.09. The Hall–Kier alpha value is -2.14. The molecule has 0 saturated heterocycles. The second-order valence-electron chi connectivity index (χ2n) is 4.19. The van der Waals surface area contributed by atoms with Crippen molar-refractivity contribution in [1.82, 2.24) is 15.2 Å². The molecular weight excluding hydrogens is 258 g/mol. The fourth-order valence-corrected chi connectivity index (χ4v) is 2.57. The lowest BCUT2D eigenvalue weighted by Gasteiger charge is -2.05. The van der Waals surface area contributed by atoms with Crippen LogP contribution in [0.5, 0.6) is 5.75 Å². The number of methoxy groups -OCH3 is 1. The number of thiophene rings is 1. The summed E-state index contributed by atoms with van der Waals surface area (Å²) in [7, 11) is 1.65. The van der Waals surface area contributed by atoms with Crippen molar-refractivity contribution in [3.8, 4) is 27.8 Å². The lowest BCUT2D eigenvalue weighted by molar-refractivity contribution is 0.416. The smallest absolute Gasteiger partial charge is 0.185 e. The Kier molecular flexibility index (Phi) is 3.05. The third-order valence-corrected chi connectivity index (χ3v) is 3.71. The summed E-state index contributed by atoms with van der Waals surface area (Å²) in [5.41, 5.74) is 2.06. The number of benzene rings is 1. The number of aryl methyl sites for hydroxylation is 1. The normalized spacial score (nSPS) is 10.6. The van der Waals surface area contributed by atoms with Gasteiger partial charge in [0.15, 0.2) is 11.6 Å². The molecule has 96 valence electrons. The maximum Gasteiger partial charge on any atom is 0.185 e. The number of aromatic amines is 1. The van der Waals surface area contributed by atoms with Crippen LogP contribution in [-0.2, 0) is 0 Å². The molecule has 0 aliphatic rings. The maximum atomic E-state index is 5.36. The molecule has 2 heterocycles. The monoisotopic (exact) mass is 271 g/mol. The van der Waals surface area contributed by atoms with E-state index in [1.165, 1.54) is 0 Å². The van der Waals surface area contributed by atoms with Crippen molar-refractivity contribution in [3.63, 3.8) is 0 Å². The summed E-state index contributed by atoms with van der Waals surface area (Å²) >= 11 is 1.63. The molecule has 0 spiro atoms. The van der Waals surface area contributed by atoms with Crippen LogP contribution in [0.2, 0.25) is 0 Å². The van der Waals surface area contributed by atoms with Gasteiger partial charge in [-0.2, -0.15) is 5.10 Å². The van der Waals surface area contributed by atoms with E-state index in [4.69, 9.17) is 4.74 Å². The minimum atomic E-state index is 0.656. The van der Waals surface area contributed by atoms with Crippen molar-refractivity contribution in [2.75, 3.05) is 7.11 Å². The summed E-state index contributed by atoms with van der Waals surface area (Å²) in [6, 6.07) is 9.99. The molecule has 0 amide bonds. The van der Waals surface area contributed by atoms with Gasteiger partial charge >= 0.3 is 0 Å². The first-order valence-corrected chi connectivity index (χ1v) is 6.77. The van der Waals surface area contributed by atoms with Crippen molar-refractivity contribution in [2.45, 2.75) is 6.92 Å². The predicted octanol–water partition coefficient (Wildman–Crippen LogP) is 3.52. The highest BCUT2D eigenvalue weighted by Gasteiger charge is 2.12. The van der Waals surface area contributed by atoms with Gasteiger partial charge in [-0.3, -0.25) is 5.10 Å². The van der Waals surface area contributed by atoms with Crippen molar-refractivity contribution in [3.05, 3.63) is 41.3 Å². The van der Waals surface area contributed by atoms with E-state index in [1.54, 1.807) is 18.4 Å². The highest BCUT2D eigenvalue weighted by molar-refractivity contribution is 7.13. The van der Waals surface area contributed by atoms with E-state index in [-0.39, 0.29) is 0 Å². The molecule has 0 aliphatic carbocycles. The molecule has 0 bridgehead atoms. The summed E-state index contributed by atoms with van der Waals surface area (Å²) in [5.74, 6) is 2.22. The van der Waals surface area contributed by atoms with Gasteiger partial charge in [-0.05, 0) is 30.5 Å². The van der Waals surface area contributed by atoms with Crippen LogP contribution in [0.25, 0.3) is 22.1 Å². The maximum absolute atomic E-state index is 5.36. The lowest BCUT2D eigenvalue weighted by Crippen LogP contribution is -1.90. The van der Waals surface area contributed by atoms with Crippen LogP contribution in [0.4, 0.5) is 0 Å². The number of H-pyrrole nitrogens is 1. The van der Waals surface area contributed by atoms with Crippen LogP contribution >= 0.6 is 11.3 Å². The average molecular weight is 271 g/mol. The summed E-state index contributed by atoms with van der Waals surface area (Å²) in [5, 5.41) is 9.27. The first kappa shape index (κ1) is 11.9. The summed E-state index contributed by atoms with van der Waals surface area (Å²) < 4.78 is 5.36. The van der Waals surface area contributed by atoms with E-state index < -0.39 is 0 Å².